The average molecular weight is 424 g/mol. The molecule has 1 aliphatic heterocycles. The van der Waals surface area contributed by atoms with E-state index in [1.807, 2.05) is 22.7 Å². The Hall–Kier alpha value is -3.43. The third-order valence-electron chi connectivity index (χ3n) is 5.28. The number of nitrogens with one attached hydrogen (secondary N) is 3. The van der Waals surface area contributed by atoms with Crippen molar-refractivity contribution < 1.29 is 4.79 Å². The van der Waals surface area contributed by atoms with Crippen molar-refractivity contribution in [2.75, 3.05) is 23.7 Å². The summed E-state index contributed by atoms with van der Waals surface area (Å²) in [4.78, 5) is 23.1. The number of piperidine rings is 1. The zero-order valence-corrected chi connectivity index (χ0v) is 18.2. The minimum absolute atomic E-state index is 0.0420. The van der Waals surface area contributed by atoms with Gasteiger partial charge in [-0.25, -0.2) is 0 Å². The van der Waals surface area contributed by atoms with E-state index in [-0.39, 0.29) is 11.9 Å². The number of H-pyrrole nitrogens is 1. The Balaban J connectivity index is 1.57. The lowest BCUT2D eigenvalue weighted by Gasteiger charge is -2.33. The van der Waals surface area contributed by atoms with Crippen LogP contribution in [0, 0.1) is 12.8 Å². The van der Waals surface area contributed by atoms with Gasteiger partial charge in [0, 0.05) is 37.6 Å². The molecule has 3 aromatic heterocycles. The molecule has 3 N–H and O–H groups in total. The van der Waals surface area contributed by atoms with Crippen molar-refractivity contribution in [1.82, 2.24) is 34.8 Å². The van der Waals surface area contributed by atoms with Crippen molar-refractivity contribution in [3.8, 4) is 0 Å². The first-order valence-electron chi connectivity index (χ1n) is 10.6. The lowest BCUT2D eigenvalue weighted by Crippen LogP contribution is -2.44. The summed E-state index contributed by atoms with van der Waals surface area (Å²) >= 11 is 0. The van der Waals surface area contributed by atoms with Crippen molar-refractivity contribution in [1.29, 1.82) is 0 Å². The number of hydrogen-bond acceptors (Lipinski definition) is 7. The molecule has 0 bridgehead atoms. The smallest absolute Gasteiger partial charge is 0.246 e. The quantitative estimate of drug-likeness (QED) is 0.500. The zero-order valence-electron chi connectivity index (χ0n) is 18.2. The number of amides is 1. The fourth-order valence-electron chi connectivity index (χ4n) is 3.88. The number of anilines is 3. The normalized spacial score (nSPS) is 16.6. The van der Waals surface area contributed by atoms with Crippen molar-refractivity contribution in [2.45, 2.75) is 46.2 Å². The minimum Gasteiger partial charge on any atom is -0.365 e. The number of hydrogen-bond donors (Lipinski definition) is 3. The van der Waals surface area contributed by atoms with E-state index < -0.39 is 0 Å². The number of rotatable bonds is 7. The van der Waals surface area contributed by atoms with Crippen LogP contribution in [0.25, 0.3) is 11.0 Å². The number of nitrogens with zero attached hydrogens (tertiary/aromatic N) is 6. The molecule has 164 valence electrons. The van der Waals surface area contributed by atoms with Crippen LogP contribution in [0.5, 0.6) is 0 Å². The van der Waals surface area contributed by atoms with Gasteiger partial charge in [0.25, 0.3) is 0 Å². The lowest BCUT2D eigenvalue weighted by atomic mass is 10.1. The number of aryl methyl sites for hydroxylation is 1. The predicted octanol–water partition coefficient (Wildman–Crippen LogP) is 2.85. The van der Waals surface area contributed by atoms with E-state index in [0.29, 0.717) is 29.9 Å². The molecule has 4 rings (SSSR count). The van der Waals surface area contributed by atoms with Crippen molar-refractivity contribution in [2.24, 2.45) is 5.92 Å². The van der Waals surface area contributed by atoms with Crippen LogP contribution < -0.4 is 10.6 Å². The molecule has 0 spiro atoms. The molecule has 10 heteroatoms. The summed E-state index contributed by atoms with van der Waals surface area (Å²) in [5, 5.41) is 19.3. The molecule has 0 saturated carbocycles. The predicted molar refractivity (Wildman–Crippen MR) is 120 cm³/mol. The molecule has 0 unspecified atom stereocenters. The fourth-order valence-corrected chi connectivity index (χ4v) is 3.88. The van der Waals surface area contributed by atoms with Gasteiger partial charge in [-0.05, 0) is 31.8 Å². The maximum atomic E-state index is 12.0. The van der Waals surface area contributed by atoms with Gasteiger partial charge in [0.15, 0.2) is 5.65 Å². The summed E-state index contributed by atoms with van der Waals surface area (Å²) in [6.45, 7) is 12.0. The number of likely N-dealkylation sites (tertiary alicyclic amines) is 1. The first kappa shape index (κ1) is 20.8. The van der Waals surface area contributed by atoms with Crippen LogP contribution in [0.4, 0.5) is 17.5 Å². The molecule has 1 amide bonds. The molecule has 1 saturated heterocycles. The highest BCUT2D eigenvalue weighted by Gasteiger charge is 2.24. The highest BCUT2D eigenvalue weighted by molar-refractivity contribution is 5.90. The summed E-state index contributed by atoms with van der Waals surface area (Å²) in [5.41, 5.74) is 2.30. The number of carbonyl (C=O) groups excluding carboxylic acids is 1. The highest BCUT2D eigenvalue weighted by atomic mass is 16.2. The van der Waals surface area contributed by atoms with Gasteiger partial charge in [-0.15, -0.1) is 0 Å². The Labute approximate surface area is 181 Å². The maximum absolute atomic E-state index is 12.0. The van der Waals surface area contributed by atoms with Crippen LogP contribution in [0.1, 0.15) is 32.4 Å². The van der Waals surface area contributed by atoms with Crippen molar-refractivity contribution in [3.05, 3.63) is 30.7 Å². The molecule has 0 aliphatic carbocycles. The average Bonchev–Trinajstić information content (AvgIpc) is 3.33. The monoisotopic (exact) mass is 423 g/mol. The van der Waals surface area contributed by atoms with Crippen LogP contribution in [0.2, 0.25) is 0 Å². The van der Waals surface area contributed by atoms with Crippen LogP contribution in [-0.4, -0.2) is 59.9 Å². The summed E-state index contributed by atoms with van der Waals surface area (Å²) < 4.78 is 1.90. The largest absolute Gasteiger partial charge is 0.365 e. The maximum Gasteiger partial charge on any atom is 0.246 e. The summed E-state index contributed by atoms with van der Waals surface area (Å²) in [6, 6.07) is 0.0895. The molecule has 0 radical (unpaired) electrons. The van der Waals surface area contributed by atoms with E-state index in [1.54, 1.807) is 6.20 Å². The topological polar surface area (TPSA) is 117 Å². The summed E-state index contributed by atoms with van der Waals surface area (Å²) in [6.07, 6.45) is 6.95. The second-order valence-corrected chi connectivity index (χ2v) is 8.38. The van der Waals surface area contributed by atoms with Crippen molar-refractivity contribution in [3.63, 3.8) is 0 Å². The number of fused-ring (bicyclic) bond motifs is 1. The Bertz CT molecular complexity index is 1080. The van der Waals surface area contributed by atoms with Crippen LogP contribution in [0.15, 0.2) is 25.0 Å². The Morgan fingerprint density at radius 3 is 3.03 bits per heavy atom. The van der Waals surface area contributed by atoms with Crippen LogP contribution in [-0.2, 0) is 11.3 Å². The van der Waals surface area contributed by atoms with E-state index in [4.69, 9.17) is 4.98 Å². The molecule has 1 atom stereocenters. The lowest BCUT2D eigenvalue weighted by molar-refractivity contribution is -0.127. The molecule has 10 nitrogen and oxygen atoms in total. The van der Waals surface area contributed by atoms with Gasteiger partial charge < -0.3 is 15.5 Å². The molecule has 3 aromatic rings. The van der Waals surface area contributed by atoms with Crippen LogP contribution >= 0.6 is 0 Å². The van der Waals surface area contributed by atoms with Crippen LogP contribution in [0.3, 0.4) is 0 Å². The summed E-state index contributed by atoms with van der Waals surface area (Å²) in [5.74, 6) is 1.61. The van der Waals surface area contributed by atoms with E-state index in [0.717, 1.165) is 42.7 Å². The van der Waals surface area contributed by atoms with E-state index in [2.05, 4.69) is 51.3 Å². The van der Waals surface area contributed by atoms with Crippen molar-refractivity contribution >= 4 is 34.4 Å². The molecular formula is C21H29N9O. The third kappa shape index (κ3) is 4.68. The number of carbonyl (C=O) groups is 1. The van der Waals surface area contributed by atoms with E-state index in [9.17, 15) is 4.79 Å². The number of aromatic amines is 1. The molecule has 0 aromatic carbocycles. The Kier molecular flexibility index (Phi) is 5.88. The molecular weight excluding hydrogens is 394 g/mol. The SMILES string of the molecule is C=CC(=O)N1CCC[C@@H](Nc2nc(Nc3cnn(CC(C)C)c3)nc3n[nH]c(C)c23)C1. The Morgan fingerprint density at radius 1 is 1.42 bits per heavy atom. The van der Waals surface area contributed by atoms with Gasteiger partial charge in [0.2, 0.25) is 11.9 Å². The first-order valence-corrected chi connectivity index (χ1v) is 10.6. The van der Waals surface area contributed by atoms with E-state index >= 15 is 0 Å². The molecule has 1 fully saturated rings. The first-order chi connectivity index (χ1) is 14.9. The summed E-state index contributed by atoms with van der Waals surface area (Å²) in [7, 11) is 0. The molecule has 31 heavy (non-hydrogen) atoms. The second kappa shape index (κ2) is 8.75. The molecule has 1 aliphatic rings. The van der Waals surface area contributed by atoms with Gasteiger partial charge in [0.05, 0.1) is 17.3 Å². The van der Waals surface area contributed by atoms with Gasteiger partial charge in [-0.2, -0.15) is 20.2 Å². The number of aromatic nitrogens is 6. The fraction of sp³-hybridized carbons (Fsp3) is 0.476. The third-order valence-corrected chi connectivity index (χ3v) is 5.28. The molecule has 4 heterocycles. The van der Waals surface area contributed by atoms with Gasteiger partial charge in [-0.1, -0.05) is 20.4 Å². The standard InChI is InChI=1S/C21H29N9O/c1-5-17(31)29-8-6-7-15(11-29)23-19-18-14(4)27-28-20(18)26-21(25-19)24-16-9-22-30(12-16)10-13(2)3/h5,9,12-13,15H,1,6-8,10-11H2,2-4H3,(H3,23,24,25,26,27,28)/t15-/m1/s1. The van der Waals surface area contributed by atoms with Gasteiger partial charge >= 0.3 is 0 Å². The minimum atomic E-state index is -0.0420. The van der Waals surface area contributed by atoms with Gasteiger partial charge in [-0.3, -0.25) is 14.6 Å². The van der Waals surface area contributed by atoms with E-state index in [1.165, 1.54) is 6.08 Å². The Morgan fingerprint density at radius 2 is 2.26 bits per heavy atom. The zero-order chi connectivity index (χ0) is 22.0. The second-order valence-electron chi connectivity index (χ2n) is 8.38. The highest BCUT2D eigenvalue weighted by Crippen LogP contribution is 2.27. The van der Waals surface area contributed by atoms with Gasteiger partial charge in [0.1, 0.15) is 5.82 Å².